The van der Waals surface area contributed by atoms with Gasteiger partial charge in [-0.25, -0.2) is 0 Å². The van der Waals surface area contributed by atoms with Crippen LogP contribution in [0.4, 0.5) is 0 Å². The highest BCUT2D eigenvalue weighted by Gasteiger charge is 2.14. The predicted molar refractivity (Wildman–Crippen MR) is 93.9 cm³/mol. The summed E-state index contributed by atoms with van der Waals surface area (Å²) >= 11 is 24.7. The van der Waals surface area contributed by atoms with Crippen LogP contribution < -0.4 is 5.32 Å². The van der Waals surface area contributed by atoms with Crippen LogP contribution >= 0.6 is 46.4 Å². The molecule has 0 aromatic heterocycles. The molecule has 0 heterocycles. The second kappa shape index (κ2) is 7.71. The van der Waals surface area contributed by atoms with Crippen molar-refractivity contribution in [2.75, 3.05) is 6.54 Å². The first-order valence-corrected chi connectivity index (χ1v) is 8.18. The molecule has 0 atom stereocenters. The van der Waals surface area contributed by atoms with Crippen LogP contribution in [-0.4, -0.2) is 6.54 Å². The second-order valence-corrected chi connectivity index (χ2v) is 6.41. The Bertz CT molecular complexity index is 617. The van der Waals surface area contributed by atoms with Gasteiger partial charge in [0.15, 0.2) is 0 Å². The van der Waals surface area contributed by atoms with Crippen LogP contribution in [0.5, 0.6) is 0 Å². The monoisotopic (exact) mass is 361 g/mol. The highest BCUT2D eigenvalue weighted by molar-refractivity contribution is 6.42. The van der Waals surface area contributed by atoms with E-state index in [-0.39, 0.29) is 0 Å². The zero-order chi connectivity index (χ0) is 15.4. The highest BCUT2D eigenvalue weighted by Crippen LogP contribution is 2.39. The Morgan fingerprint density at radius 2 is 1.57 bits per heavy atom. The quantitative estimate of drug-likeness (QED) is 0.601. The van der Waals surface area contributed by atoms with Gasteiger partial charge in [-0.15, -0.1) is 0 Å². The minimum absolute atomic E-state index is 0.522. The lowest BCUT2D eigenvalue weighted by molar-refractivity contribution is 0.676. The largest absolute Gasteiger partial charge is 0.313 e. The molecule has 2 aromatic rings. The van der Waals surface area contributed by atoms with Gasteiger partial charge in [0.25, 0.3) is 0 Å². The van der Waals surface area contributed by atoms with E-state index >= 15 is 0 Å². The normalized spacial score (nSPS) is 10.9. The maximum Gasteiger partial charge on any atom is 0.0514 e. The zero-order valence-corrected chi connectivity index (χ0v) is 14.5. The van der Waals surface area contributed by atoms with E-state index in [9.17, 15) is 0 Å². The number of rotatable bonds is 5. The molecule has 2 aromatic carbocycles. The Morgan fingerprint density at radius 1 is 0.905 bits per heavy atom. The van der Waals surface area contributed by atoms with Crippen molar-refractivity contribution in [1.29, 1.82) is 0 Å². The van der Waals surface area contributed by atoms with Crippen molar-refractivity contribution in [3.8, 4) is 11.1 Å². The molecule has 1 nitrogen and oxygen atoms in total. The average molecular weight is 363 g/mol. The minimum Gasteiger partial charge on any atom is -0.313 e. The summed E-state index contributed by atoms with van der Waals surface area (Å²) in [5, 5.41) is 5.65. The molecular weight excluding hydrogens is 348 g/mol. The summed E-state index contributed by atoms with van der Waals surface area (Å²) in [6.07, 6.45) is 1.07. The Balaban J connectivity index is 2.48. The molecule has 0 radical (unpaired) electrons. The van der Waals surface area contributed by atoms with Crippen molar-refractivity contribution in [3.63, 3.8) is 0 Å². The van der Waals surface area contributed by atoms with Gasteiger partial charge in [-0.3, -0.25) is 0 Å². The van der Waals surface area contributed by atoms with Crippen molar-refractivity contribution in [1.82, 2.24) is 5.32 Å². The molecule has 1 N–H and O–H groups in total. The third kappa shape index (κ3) is 4.28. The zero-order valence-electron chi connectivity index (χ0n) is 11.5. The molecule has 0 aliphatic rings. The van der Waals surface area contributed by atoms with Crippen molar-refractivity contribution in [2.45, 2.75) is 19.9 Å². The van der Waals surface area contributed by atoms with Crippen molar-refractivity contribution >= 4 is 46.4 Å². The van der Waals surface area contributed by atoms with E-state index in [2.05, 4.69) is 12.2 Å². The SMILES string of the molecule is CCCNCc1cc(Cl)ccc1-c1c(Cl)cc(Cl)cc1Cl. The van der Waals surface area contributed by atoms with E-state index in [1.165, 1.54) is 0 Å². The lowest BCUT2D eigenvalue weighted by atomic mass is 9.99. The van der Waals surface area contributed by atoms with Gasteiger partial charge < -0.3 is 5.32 Å². The molecule has 0 amide bonds. The Labute approximate surface area is 145 Å². The van der Waals surface area contributed by atoms with Crippen molar-refractivity contribution in [2.24, 2.45) is 0 Å². The van der Waals surface area contributed by atoms with Crippen LogP contribution in [0.2, 0.25) is 20.1 Å². The lowest BCUT2D eigenvalue weighted by Gasteiger charge is -2.14. The molecule has 0 bridgehead atoms. The number of halogens is 4. The molecule has 0 fully saturated rings. The Hall–Kier alpha value is -0.440. The van der Waals surface area contributed by atoms with Crippen LogP contribution in [0.15, 0.2) is 30.3 Å². The number of hydrogen-bond acceptors (Lipinski definition) is 1. The average Bonchev–Trinajstić information content (AvgIpc) is 2.40. The maximum atomic E-state index is 6.32. The van der Waals surface area contributed by atoms with Gasteiger partial charge in [-0.05, 0) is 48.4 Å². The fraction of sp³-hybridized carbons (Fsp3) is 0.250. The Morgan fingerprint density at radius 3 is 2.19 bits per heavy atom. The fourth-order valence-corrected chi connectivity index (χ4v) is 3.37. The van der Waals surface area contributed by atoms with Gasteiger partial charge in [0, 0.05) is 22.2 Å². The summed E-state index contributed by atoms with van der Waals surface area (Å²) in [5.74, 6) is 0. The van der Waals surface area contributed by atoms with Crippen LogP contribution in [-0.2, 0) is 6.54 Å². The summed E-state index contributed by atoms with van der Waals surface area (Å²) in [6, 6.07) is 9.10. The van der Waals surface area contributed by atoms with Gasteiger partial charge in [0.1, 0.15) is 0 Å². The highest BCUT2D eigenvalue weighted by atomic mass is 35.5. The van der Waals surface area contributed by atoms with Gasteiger partial charge in [-0.2, -0.15) is 0 Å². The van der Waals surface area contributed by atoms with Crippen LogP contribution in [0, 0.1) is 0 Å². The molecule has 0 saturated heterocycles. The molecule has 0 saturated carbocycles. The van der Waals surface area contributed by atoms with E-state index in [0.717, 1.165) is 29.7 Å². The van der Waals surface area contributed by atoms with E-state index in [1.54, 1.807) is 12.1 Å². The van der Waals surface area contributed by atoms with Crippen molar-refractivity contribution < 1.29 is 0 Å². The van der Waals surface area contributed by atoms with Crippen molar-refractivity contribution in [3.05, 3.63) is 56.0 Å². The second-order valence-electron chi connectivity index (χ2n) is 4.72. The lowest BCUT2D eigenvalue weighted by Crippen LogP contribution is -2.14. The summed E-state index contributed by atoms with van der Waals surface area (Å²) in [4.78, 5) is 0. The van der Waals surface area contributed by atoms with E-state index in [1.807, 2.05) is 18.2 Å². The van der Waals surface area contributed by atoms with E-state index in [0.29, 0.717) is 26.6 Å². The Kier molecular flexibility index (Phi) is 6.21. The summed E-state index contributed by atoms with van der Waals surface area (Å²) in [5.41, 5.74) is 2.81. The number of hydrogen-bond donors (Lipinski definition) is 1. The van der Waals surface area contributed by atoms with Gasteiger partial charge in [0.05, 0.1) is 10.0 Å². The minimum atomic E-state index is 0.522. The molecular formula is C16H15Cl4N. The molecule has 0 aliphatic carbocycles. The molecule has 112 valence electrons. The topological polar surface area (TPSA) is 12.0 Å². The summed E-state index contributed by atoms with van der Waals surface area (Å²) in [7, 11) is 0. The first kappa shape index (κ1) is 16.9. The molecule has 21 heavy (non-hydrogen) atoms. The maximum absolute atomic E-state index is 6.32. The van der Waals surface area contributed by atoms with Gasteiger partial charge in [0.2, 0.25) is 0 Å². The van der Waals surface area contributed by atoms with Crippen LogP contribution in [0.25, 0.3) is 11.1 Å². The molecule has 0 spiro atoms. The molecule has 0 unspecified atom stereocenters. The molecule has 2 rings (SSSR count). The molecule has 0 aliphatic heterocycles. The van der Waals surface area contributed by atoms with Crippen LogP contribution in [0.1, 0.15) is 18.9 Å². The van der Waals surface area contributed by atoms with E-state index < -0.39 is 0 Å². The third-order valence-corrected chi connectivity index (χ3v) is 4.14. The van der Waals surface area contributed by atoms with Gasteiger partial charge >= 0.3 is 0 Å². The summed E-state index contributed by atoms with van der Waals surface area (Å²) in [6.45, 7) is 3.77. The van der Waals surface area contributed by atoms with Gasteiger partial charge in [-0.1, -0.05) is 59.4 Å². The predicted octanol–water partition coefficient (Wildman–Crippen LogP) is 6.47. The number of nitrogens with one attached hydrogen (secondary N) is 1. The standard InChI is InChI=1S/C16H15Cl4N/c1-2-5-21-9-10-6-11(17)3-4-13(10)16-14(19)7-12(18)8-15(16)20/h3-4,6-8,21H,2,5,9H2,1H3. The van der Waals surface area contributed by atoms with E-state index in [4.69, 9.17) is 46.4 Å². The summed E-state index contributed by atoms with van der Waals surface area (Å²) < 4.78 is 0. The third-order valence-electron chi connectivity index (χ3n) is 3.09. The number of benzene rings is 2. The first-order valence-electron chi connectivity index (χ1n) is 6.67. The fourth-order valence-electron chi connectivity index (χ4n) is 2.15. The first-order chi connectivity index (χ1) is 10.0. The smallest absolute Gasteiger partial charge is 0.0514 e. The van der Waals surface area contributed by atoms with Crippen LogP contribution in [0.3, 0.4) is 0 Å². The molecule has 5 heteroatoms.